The minimum absolute atomic E-state index is 1.01. The van der Waals surface area contributed by atoms with E-state index in [9.17, 15) is 0 Å². The van der Waals surface area contributed by atoms with E-state index in [4.69, 9.17) is 5.11 Å². The van der Waals surface area contributed by atoms with E-state index in [0.717, 1.165) is 11.8 Å². The van der Waals surface area contributed by atoms with Crippen LogP contribution in [0, 0.1) is 0 Å². The van der Waals surface area contributed by atoms with Crippen LogP contribution in [0.4, 0.5) is 0 Å². The van der Waals surface area contributed by atoms with Crippen molar-refractivity contribution in [1.29, 1.82) is 0 Å². The Bertz CT molecular complexity index is 189. The lowest BCUT2D eigenvalue weighted by Gasteiger charge is -1.86. The average molecular weight is 150 g/mol. The summed E-state index contributed by atoms with van der Waals surface area (Å²) in [7, 11) is 0. The fourth-order valence-electron chi connectivity index (χ4n) is 0.650. The predicted molar refractivity (Wildman–Crippen MR) is 49.5 cm³/mol. The molecule has 1 aromatic rings. The van der Waals surface area contributed by atoms with Gasteiger partial charge in [-0.3, -0.25) is 0 Å². The van der Waals surface area contributed by atoms with E-state index in [1.54, 1.807) is 6.08 Å². The fourth-order valence-corrected chi connectivity index (χ4v) is 0.650. The largest absolute Gasteiger partial charge is 0.516 e. The molecule has 0 bridgehead atoms. The van der Waals surface area contributed by atoms with Gasteiger partial charge in [-0.1, -0.05) is 44.2 Å². The molecule has 1 aromatic carbocycles. The lowest BCUT2D eigenvalue weighted by Crippen LogP contribution is -1.66. The lowest BCUT2D eigenvalue weighted by atomic mass is 10.2. The van der Waals surface area contributed by atoms with E-state index in [2.05, 4.69) is 0 Å². The number of aliphatic hydroxyl groups excluding tert-OH is 1. The topological polar surface area (TPSA) is 20.2 Å². The number of benzene rings is 1. The molecule has 0 radical (unpaired) electrons. The summed E-state index contributed by atoms with van der Waals surface area (Å²) >= 11 is 0. The number of rotatable bonds is 1. The SMILES string of the molecule is CC.O/C=C/c1ccccc1. The Labute approximate surface area is 68.0 Å². The van der Waals surface area contributed by atoms with Crippen LogP contribution < -0.4 is 0 Å². The van der Waals surface area contributed by atoms with Gasteiger partial charge in [0, 0.05) is 0 Å². The third-order valence-electron chi connectivity index (χ3n) is 1.07. The molecule has 60 valence electrons. The summed E-state index contributed by atoms with van der Waals surface area (Å²) in [5.74, 6) is 0. The molecule has 0 saturated heterocycles. The number of hydrogen-bond acceptors (Lipinski definition) is 1. The van der Waals surface area contributed by atoms with E-state index >= 15 is 0 Å². The van der Waals surface area contributed by atoms with Crippen LogP contribution in [0.25, 0.3) is 6.08 Å². The molecule has 0 amide bonds. The first-order valence-electron chi connectivity index (χ1n) is 3.79. The van der Waals surface area contributed by atoms with Crippen molar-refractivity contribution in [3.63, 3.8) is 0 Å². The van der Waals surface area contributed by atoms with Crippen molar-refractivity contribution in [3.05, 3.63) is 42.2 Å². The molecule has 1 heteroatoms. The molecular weight excluding hydrogens is 136 g/mol. The van der Waals surface area contributed by atoms with Gasteiger partial charge in [-0.05, 0) is 11.6 Å². The van der Waals surface area contributed by atoms with Crippen LogP contribution in [0.1, 0.15) is 19.4 Å². The molecule has 0 aliphatic heterocycles. The summed E-state index contributed by atoms with van der Waals surface area (Å²) in [5, 5.41) is 8.34. The third kappa shape index (κ3) is 4.20. The minimum atomic E-state index is 1.01. The first-order valence-corrected chi connectivity index (χ1v) is 3.79. The Morgan fingerprint density at radius 1 is 1.09 bits per heavy atom. The van der Waals surface area contributed by atoms with Crippen LogP contribution in [0.3, 0.4) is 0 Å². The van der Waals surface area contributed by atoms with Crippen LogP contribution in [0.15, 0.2) is 36.6 Å². The zero-order valence-electron chi connectivity index (χ0n) is 6.99. The first kappa shape index (κ1) is 9.76. The van der Waals surface area contributed by atoms with Crippen molar-refractivity contribution < 1.29 is 5.11 Å². The highest BCUT2D eigenvalue weighted by Gasteiger charge is 1.78. The smallest absolute Gasteiger partial charge is 0.0797 e. The summed E-state index contributed by atoms with van der Waals surface area (Å²) < 4.78 is 0. The second-order valence-corrected chi connectivity index (χ2v) is 1.73. The molecule has 1 N–H and O–H groups in total. The molecular formula is C10H14O. The Morgan fingerprint density at radius 2 is 1.64 bits per heavy atom. The van der Waals surface area contributed by atoms with Crippen LogP contribution >= 0.6 is 0 Å². The van der Waals surface area contributed by atoms with E-state index in [1.807, 2.05) is 44.2 Å². The van der Waals surface area contributed by atoms with Crippen molar-refractivity contribution in [1.82, 2.24) is 0 Å². The monoisotopic (exact) mass is 150 g/mol. The van der Waals surface area contributed by atoms with Gasteiger partial charge in [-0.15, -0.1) is 0 Å². The van der Waals surface area contributed by atoms with Crippen LogP contribution in [-0.2, 0) is 0 Å². The molecule has 0 fully saturated rings. The number of aliphatic hydroxyl groups is 1. The van der Waals surface area contributed by atoms with Gasteiger partial charge in [0.15, 0.2) is 0 Å². The zero-order valence-corrected chi connectivity index (χ0v) is 6.99. The van der Waals surface area contributed by atoms with Crippen molar-refractivity contribution in [3.8, 4) is 0 Å². The third-order valence-corrected chi connectivity index (χ3v) is 1.07. The van der Waals surface area contributed by atoms with Gasteiger partial charge in [-0.2, -0.15) is 0 Å². The zero-order chi connectivity index (χ0) is 8.53. The minimum Gasteiger partial charge on any atom is -0.516 e. The van der Waals surface area contributed by atoms with E-state index in [0.29, 0.717) is 0 Å². The van der Waals surface area contributed by atoms with Gasteiger partial charge in [0.1, 0.15) is 0 Å². The standard InChI is InChI=1S/C8H8O.C2H6/c9-7-6-8-4-2-1-3-5-8;1-2/h1-7,9H;1-2H3/b7-6+;. The van der Waals surface area contributed by atoms with Crippen molar-refractivity contribution in [2.75, 3.05) is 0 Å². The highest BCUT2D eigenvalue weighted by Crippen LogP contribution is 1.98. The van der Waals surface area contributed by atoms with Gasteiger partial charge in [0.05, 0.1) is 6.26 Å². The molecule has 0 heterocycles. The molecule has 1 nitrogen and oxygen atoms in total. The molecule has 0 aromatic heterocycles. The Morgan fingerprint density at radius 3 is 2.09 bits per heavy atom. The molecule has 1 rings (SSSR count). The molecule has 11 heavy (non-hydrogen) atoms. The van der Waals surface area contributed by atoms with E-state index in [1.165, 1.54) is 0 Å². The normalized spacial score (nSPS) is 8.91. The molecule has 0 aliphatic carbocycles. The Kier molecular flexibility index (Phi) is 6.10. The highest BCUT2D eigenvalue weighted by atomic mass is 16.2. The highest BCUT2D eigenvalue weighted by molar-refractivity contribution is 5.47. The van der Waals surface area contributed by atoms with Gasteiger partial charge in [0.25, 0.3) is 0 Å². The van der Waals surface area contributed by atoms with Crippen LogP contribution in [0.5, 0.6) is 0 Å². The molecule has 0 aliphatic rings. The van der Waals surface area contributed by atoms with Crippen LogP contribution in [0.2, 0.25) is 0 Å². The van der Waals surface area contributed by atoms with Crippen LogP contribution in [-0.4, -0.2) is 5.11 Å². The Balaban J connectivity index is 0.000000461. The molecule has 0 saturated carbocycles. The molecule has 0 atom stereocenters. The molecule has 0 spiro atoms. The van der Waals surface area contributed by atoms with E-state index in [-0.39, 0.29) is 0 Å². The summed E-state index contributed by atoms with van der Waals surface area (Å²) in [6.45, 7) is 4.00. The Hall–Kier alpha value is -1.24. The van der Waals surface area contributed by atoms with Crippen molar-refractivity contribution in [2.45, 2.75) is 13.8 Å². The second kappa shape index (κ2) is 6.87. The molecule has 0 unspecified atom stereocenters. The fraction of sp³-hybridized carbons (Fsp3) is 0.200. The maximum atomic E-state index is 8.34. The summed E-state index contributed by atoms with van der Waals surface area (Å²) in [6.07, 6.45) is 2.68. The van der Waals surface area contributed by atoms with Crippen molar-refractivity contribution in [2.24, 2.45) is 0 Å². The first-order chi connectivity index (χ1) is 5.43. The lowest BCUT2D eigenvalue weighted by molar-refractivity contribution is 0.478. The summed E-state index contributed by atoms with van der Waals surface area (Å²) in [6, 6.07) is 9.64. The second-order valence-electron chi connectivity index (χ2n) is 1.73. The van der Waals surface area contributed by atoms with Gasteiger partial charge < -0.3 is 5.11 Å². The van der Waals surface area contributed by atoms with Crippen molar-refractivity contribution >= 4 is 6.08 Å². The van der Waals surface area contributed by atoms with Gasteiger partial charge in [0.2, 0.25) is 0 Å². The predicted octanol–water partition coefficient (Wildman–Crippen LogP) is 3.24. The van der Waals surface area contributed by atoms with E-state index < -0.39 is 0 Å². The average Bonchev–Trinajstić information content (AvgIpc) is 2.11. The van der Waals surface area contributed by atoms with Gasteiger partial charge >= 0.3 is 0 Å². The number of hydrogen-bond donors (Lipinski definition) is 1. The maximum Gasteiger partial charge on any atom is 0.0797 e. The van der Waals surface area contributed by atoms with Gasteiger partial charge in [-0.25, -0.2) is 0 Å². The quantitative estimate of drug-likeness (QED) is 0.609. The maximum absolute atomic E-state index is 8.34. The summed E-state index contributed by atoms with van der Waals surface area (Å²) in [4.78, 5) is 0. The summed E-state index contributed by atoms with van der Waals surface area (Å²) in [5.41, 5.74) is 1.01.